The number of aliphatic hydroxyl groups is 1. The second-order valence-electron chi connectivity index (χ2n) is 8.13. The van der Waals surface area contributed by atoms with Gasteiger partial charge in [0, 0.05) is 0 Å². The number of allylic oxidation sites excluding steroid dienone is 4. The molecule has 1 N–H and O–H groups in total. The van der Waals surface area contributed by atoms with Crippen LogP contribution in [0.1, 0.15) is 116 Å². The zero-order valence-corrected chi connectivity index (χ0v) is 20.8. The van der Waals surface area contributed by atoms with E-state index in [9.17, 15) is 5.11 Å². The van der Waals surface area contributed by atoms with Crippen molar-refractivity contribution in [3.63, 3.8) is 0 Å². The van der Waals surface area contributed by atoms with Crippen molar-refractivity contribution in [2.75, 3.05) is 0 Å². The summed E-state index contributed by atoms with van der Waals surface area (Å²) < 4.78 is 6.29. The van der Waals surface area contributed by atoms with Crippen molar-refractivity contribution in [2.24, 2.45) is 5.41 Å². The maximum atomic E-state index is 9.31. The van der Waals surface area contributed by atoms with Crippen molar-refractivity contribution in [3.05, 3.63) is 34.8 Å². The normalized spacial score (nSPS) is 19.1. The molecule has 162 valence electrons. The molecule has 0 saturated carbocycles. The van der Waals surface area contributed by atoms with Gasteiger partial charge in [-0.1, -0.05) is 74.3 Å². The van der Waals surface area contributed by atoms with Crippen molar-refractivity contribution in [3.8, 4) is 0 Å². The van der Waals surface area contributed by atoms with Crippen LogP contribution in [-0.2, 0) is 4.74 Å². The molecule has 0 aromatic rings. The van der Waals surface area contributed by atoms with Crippen LogP contribution in [0.25, 0.3) is 0 Å². The highest BCUT2D eigenvalue weighted by atomic mass is 16.5. The molecule has 0 unspecified atom stereocenters. The summed E-state index contributed by atoms with van der Waals surface area (Å²) >= 11 is 0. The molecule has 1 rings (SSSR count). The van der Waals surface area contributed by atoms with Gasteiger partial charge in [0.15, 0.2) is 0 Å². The molecule has 1 heterocycles. The lowest BCUT2D eigenvalue weighted by Gasteiger charge is -2.31. The largest absolute Gasteiger partial charge is 0.515 e. The number of aliphatic hydroxyl groups excluding tert-OH is 1. The lowest BCUT2D eigenvalue weighted by molar-refractivity contribution is 0.0159. The predicted octanol–water partition coefficient (Wildman–Crippen LogP) is 9.14. The first kappa shape index (κ1) is 30.5. The highest BCUT2D eigenvalue weighted by Gasteiger charge is 2.36. The van der Waals surface area contributed by atoms with E-state index in [-0.39, 0.29) is 11.0 Å². The van der Waals surface area contributed by atoms with Crippen molar-refractivity contribution in [2.45, 2.75) is 121 Å². The fourth-order valence-corrected chi connectivity index (χ4v) is 3.11. The lowest BCUT2D eigenvalue weighted by Crippen LogP contribution is -2.28. The maximum Gasteiger partial charge on any atom is 0.123 e. The van der Waals surface area contributed by atoms with E-state index < -0.39 is 0 Å². The third kappa shape index (κ3) is 13.6. The Morgan fingerprint density at radius 2 is 1.44 bits per heavy atom. The summed E-state index contributed by atoms with van der Waals surface area (Å²) in [7, 11) is 0. The molecule has 1 fully saturated rings. The van der Waals surface area contributed by atoms with Crippen molar-refractivity contribution < 1.29 is 9.84 Å². The van der Waals surface area contributed by atoms with Gasteiger partial charge in [0.2, 0.25) is 0 Å². The van der Waals surface area contributed by atoms with E-state index in [0.717, 1.165) is 30.6 Å². The fourth-order valence-electron chi connectivity index (χ4n) is 3.11. The van der Waals surface area contributed by atoms with Gasteiger partial charge in [0.05, 0.1) is 6.26 Å². The first-order valence-electron chi connectivity index (χ1n) is 10.9. The van der Waals surface area contributed by atoms with Crippen LogP contribution in [0.3, 0.4) is 0 Å². The molecule has 1 aliphatic rings. The minimum Gasteiger partial charge on any atom is -0.515 e. The van der Waals surface area contributed by atoms with E-state index in [1.54, 1.807) is 0 Å². The molecule has 2 nitrogen and oxygen atoms in total. The van der Waals surface area contributed by atoms with Gasteiger partial charge in [-0.05, 0) is 69.6 Å². The van der Waals surface area contributed by atoms with Crippen molar-refractivity contribution in [1.29, 1.82) is 0 Å². The summed E-state index contributed by atoms with van der Waals surface area (Å²) in [5, 5.41) is 9.31. The Morgan fingerprint density at radius 3 is 1.78 bits per heavy atom. The van der Waals surface area contributed by atoms with Gasteiger partial charge in [0.25, 0.3) is 0 Å². The van der Waals surface area contributed by atoms with Gasteiger partial charge >= 0.3 is 0 Å². The van der Waals surface area contributed by atoms with Crippen LogP contribution >= 0.6 is 0 Å². The summed E-state index contributed by atoms with van der Waals surface area (Å²) in [6.07, 6.45) is 7.24. The molecule has 0 atom stereocenters. The Balaban J connectivity index is -0.000000725. The number of ether oxygens (including phenoxy) is 1. The molecule has 0 aliphatic carbocycles. The van der Waals surface area contributed by atoms with Gasteiger partial charge in [-0.15, -0.1) is 0 Å². The molecular formula is C25H50O2. The van der Waals surface area contributed by atoms with Crippen molar-refractivity contribution >= 4 is 0 Å². The molecule has 27 heavy (non-hydrogen) atoms. The van der Waals surface area contributed by atoms with E-state index in [0.29, 0.717) is 0 Å². The lowest BCUT2D eigenvalue weighted by atomic mass is 9.77. The van der Waals surface area contributed by atoms with Crippen LogP contribution in [0.2, 0.25) is 0 Å². The number of hydrogen-bond donors (Lipinski definition) is 1. The van der Waals surface area contributed by atoms with Crippen LogP contribution in [-0.4, -0.2) is 10.7 Å². The molecular weight excluding hydrogens is 332 g/mol. The first-order valence-corrected chi connectivity index (χ1v) is 10.9. The summed E-state index contributed by atoms with van der Waals surface area (Å²) in [4.78, 5) is 0. The van der Waals surface area contributed by atoms with Gasteiger partial charge < -0.3 is 9.84 Å². The topological polar surface area (TPSA) is 29.5 Å². The Hall–Kier alpha value is -1.18. The fraction of sp³-hybridized carbons (Fsp3) is 0.760. The number of rotatable bonds is 2. The summed E-state index contributed by atoms with van der Waals surface area (Å²) in [5.41, 5.74) is 3.47. The summed E-state index contributed by atoms with van der Waals surface area (Å²) in [6, 6.07) is 0. The Labute approximate surface area is 171 Å². The average molecular weight is 383 g/mol. The van der Waals surface area contributed by atoms with Crippen LogP contribution < -0.4 is 0 Å². The monoisotopic (exact) mass is 382 g/mol. The Morgan fingerprint density at radius 1 is 1.00 bits per heavy atom. The van der Waals surface area contributed by atoms with Gasteiger partial charge in [0.1, 0.15) is 11.4 Å². The Kier molecular flexibility index (Phi) is 17.9. The van der Waals surface area contributed by atoms with E-state index in [1.807, 2.05) is 40.7 Å². The molecule has 0 radical (unpaired) electrons. The minimum absolute atomic E-state index is 0.194. The molecule has 2 heteroatoms. The van der Waals surface area contributed by atoms with E-state index >= 15 is 0 Å². The smallest absolute Gasteiger partial charge is 0.123 e. The summed E-state index contributed by atoms with van der Waals surface area (Å²) in [5.74, 6) is 0.919. The quantitative estimate of drug-likeness (QED) is 0.482. The van der Waals surface area contributed by atoms with Gasteiger partial charge in [-0.3, -0.25) is 0 Å². The molecule has 0 aromatic heterocycles. The molecule has 1 saturated heterocycles. The van der Waals surface area contributed by atoms with E-state index in [4.69, 9.17) is 4.74 Å². The second-order valence-corrected chi connectivity index (χ2v) is 8.13. The highest BCUT2D eigenvalue weighted by molar-refractivity contribution is 5.37. The van der Waals surface area contributed by atoms with Crippen molar-refractivity contribution in [1.82, 2.24) is 0 Å². The minimum atomic E-state index is -0.194. The van der Waals surface area contributed by atoms with Crippen LogP contribution in [0.15, 0.2) is 34.8 Å². The van der Waals surface area contributed by atoms with E-state index in [2.05, 4.69) is 55.4 Å². The predicted molar refractivity (Wildman–Crippen MR) is 124 cm³/mol. The zero-order chi connectivity index (χ0) is 22.3. The van der Waals surface area contributed by atoms with E-state index in [1.165, 1.54) is 23.8 Å². The van der Waals surface area contributed by atoms with Gasteiger partial charge in [-0.25, -0.2) is 0 Å². The second kappa shape index (κ2) is 15.8. The van der Waals surface area contributed by atoms with Crippen LogP contribution in [0.4, 0.5) is 0 Å². The standard InChI is InChI=1S/C18H30O2.C3H8.2C2H6/c1-8-14(11-19)9-16-15(13(2)3)10-17(4,5)12-18(6,7)20-16;1-3-2;2*1-2/h9,11,19H,8,10,12H2,1-7H3;3H2,1-2H3;2*1-2H3/b14-11+,16-9+;;;. The molecule has 0 spiro atoms. The highest BCUT2D eigenvalue weighted by Crippen LogP contribution is 2.44. The first-order chi connectivity index (χ1) is 12.5. The zero-order valence-electron chi connectivity index (χ0n) is 20.8. The SMILES string of the molecule is CC.CC.CCC.CCC(=C\O)/C=C1/OC(C)(C)CC(C)(C)CC1=C(C)C. The molecule has 1 aliphatic heterocycles. The third-order valence-electron chi connectivity index (χ3n) is 3.74. The molecule has 0 amide bonds. The van der Waals surface area contributed by atoms with Crippen LogP contribution in [0, 0.1) is 5.41 Å². The van der Waals surface area contributed by atoms with Gasteiger partial charge in [-0.2, -0.15) is 0 Å². The van der Waals surface area contributed by atoms with Crippen LogP contribution in [0.5, 0.6) is 0 Å². The average Bonchev–Trinajstić information content (AvgIpc) is 2.68. The molecule has 0 aromatic carbocycles. The maximum absolute atomic E-state index is 9.31. The number of hydrogen-bond acceptors (Lipinski definition) is 2. The Bertz CT molecular complexity index is 459. The molecule has 0 bridgehead atoms. The summed E-state index contributed by atoms with van der Waals surface area (Å²) in [6.45, 7) is 27.4. The third-order valence-corrected chi connectivity index (χ3v) is 3.74.